The highest BCUT2D eigenvalue weighted by molar-refractivity contribution is 5.77. The molecule has 0 saturated heterocycles. The molecule has 0 aromatic heterocycles. The van der Waals surface area contributed by atoms with E-state index in [-0.39, 0.29) is 6.42 Å². The zero-order chi connectivity index (χ0) is 15.2. The number of rotatable bonds is 13. The molecule has 0 fully saturated rings. The zero-order valence-electron chi connectivity index (χ0n) is 12.1. The van der Waals surface area contributed by atoms with Crippen molar-refractivity contribution in [3.8, 4) is 0 Å². The van der Waals surface area contributed by atoms with Gasteiger partial charge in [-0.25, -0.2) is 0 Å². The maximum Gasteiger partial charge on any atom is 0.307 e. The van der Waals surface area contributed by atoms with E-state index in [1.165, 1.54) is 25.7 Å². The smallest absolute Gasteiger partial charge is 0.307 e. The van der Waals surface area contributed by atoms with Gasteiger partial charge in [0.25, 0.3) is 0 Å². The normalized spacial score (nSPS) is 12.4. The average molecular weight is 282 g/mol. The third-order valence-electron chi connectivity index (χ3n) is 3.14. The van der Waals surface area contributed by atoms with E-state index in [0.29, 0.717) is 6.42 Å². The first-order valence-corrected chi connectivity index (χ1v) is 7.28. The van der Waals surface area contributed by atoms with Crippen molar-refractivity contribution in [2.45, 2.75) is 57.8 Å². The Morgan fingerprint density at radius 2 is 1.55 bits per heavy atom. The lowest BCUT2D eigenvalue weighted by Gasteiger charge is -2.05. The Kier molecular flexibility index (Phi) is 11.5. The molecule has 2 N–H and O–H groups in total. The molecule has 0 aliphatic rings. The van der Waals surface area contributed by atoms with Crippen LogP contribution in [0.2, 0.25) is 0 Å². The molecule has 114 valence electrons. The summed E-state index contributed by atoms with van der Waals surface area (Å²) in [5.41, 5.74) is 0. The quantitative estimate of drug-likeness (QED) is 0.395. The fourth-order valence-corrected chi connectivity index (χ4v) is 1.94. The molecule has 0 saturated carbocycles. The Morgan fingerprint density at radius 1 is 0.950 bits per heavy atom. The first-order valence-electron chi connectivity index (χ1n) is 7.28. The molecule has 0 aromatic rings. The van der Waals surface area contributed by atoms with Crippen LogP contribution in [0.15, 0.2) is 24.8 Å². The van der Waals surface area contributed by atoms with E-state index >= 15 is 0 Å². The molecular formula is C16H26O4. The van der Waals surface area contributed by atoms with Crippen molar-refractivity contribution in [1.82, 2.24) is 0 Å². The van der Waals surface area contributed by atoms with Crippen LogP contribution >= 0.6 is 0 Å². The predicted molar refractivity (Wildman–Crippen MR) is 79.7 cm³/mol. The van der Waals surface area contributed by atoms with Gasteiger partial charge in [0, 0.05) is 0 Å². The Labute approximate surface area is 121 Å². The lowest BCUT2D eigenvalue weighted by atomic mass is 10.0. The van der Waals surface area contributed by atoms with E-state index in [1.54, 1.807) is 6.08 Å². The summed E-state index contributed by atoms with van der Waals surface area (Å²) in [4.78, 5) is 21.3. The molecule has 0 aromatic carbocycles. The lowest BCUT2D eigenvalue weighted by molar-refractivity contribution is -0.148. The van der Waals surface area contributed by atoms with E-state index in [9.17, 15) is 9.59 Å². The Morgan fingerprint density at radius 3 is 2.10 bits per heavy atom. The van der Waals surface area contributed by atoms with Gasteiger partial charge in [-0.3, -0.25) is 9.59 Å². The van der Waals surface area contributed by atoms with Crippen LogP contribution in [-0.4, -0.2) is 22.2 Å². The van der Waals surface area contributed by atoms with E-state index in [0.717, 1.165) is 19.3 Å². The minimum atomic E-state index is -1.06. The predicted octanol–water partition coefficient (Wildman–Crippen LogP) is 4.02. The number of aliphatic carboxylic acids is 2. The first-order chi connectivity index (χ1) is 9.57. The summed E-state index contributed by atoms with van der Waals surface area (Å²) in [5.74, 6) is -2.92. The minimum Gasteiger partial charge on any atom is -0.481 e. The highest BCUT2D eigenvalue weighted by Crippen LogP contribution is 2.11. The van der Waals surface area contributed by atoms with Crippen molar-refractivity contribution in [2.75, 3.05) is 0 Å². The molecule has 4 heteroatoms. The number of unbranched alkanes of at least 4 members (excludes halogenated alkanes) is 6. The minimum absolute atomic E-state index is 0.293. The van der Waals surface area contributed by atoms with Gasteiger partial charge in [0.05, 0.1) is 12.3 Å². The molecule has 0 radical (unpaired) electrons. The van der Waals surface area contributed by atoms with Gasteiger partial charge in [0.1, 0.15) is 0 Å². The number of carboxylic acid groups (broad SMARTS) is 2. The Bertz CT molecular complexity index is 320. The van der Waals surface area contributed by atoms with Crippen LogP contribution in [0.1, 0.15) is 57.8 Å². The second-order valence-corrected chi connectivity index (χ2v) is 4.97. The molecule has 1 atom stereocenters. The monoisotopic (exact) mass is 282 g/mol. The van der Waals surface area contributed by atoms with Crippen molar-refractivity contribution >= 4 is 11.9 Å². The van der Waals surface area contributed by atoms with Gasteiger partial charge in [0.15, 0.2) is 0 Å². The molecule has 0 aliphatic heterocycles. The van der Waals surface area contributed by atoms with Gasteiger partial charge >= 0.3 is 11.9 Å². The van der Waals surface area contributed by atoms with Crippen LogP contribution in [0, 0.1) is 5.92 Å². The number of hydrogen-bond donors (Lipinski definition) is 2. The molecular weight excluding hydrogens is 256 g/mol. The highest BCUT2D eigenvalue weighted by atomic mass is 16.4. The van der Waals surface area contributed by atoms with E-state index in [1.807, 2.05) is 12.2 Å². The number of allylic oxidation sites excluding steroid dienone is 3. The summed E-state index contributed by atoms with van der Waals surface area (Å²) in [6, 6.07) is 0. The second kappa shape index (κ2) is 12.5. The molecule has 0 bridgehead atoms. The van der Waals surface area contributed by atoms with Crippen LogP contribution < -0.4 is 0 Å². The van der Waals surface area contributed by atoms with Gasteiger partial charge in [-0.2, -0.15) is 0 Å². The Balaban J connectivity index is 3.61. The number of hydrogen-bond acceptors (Lipinski definition) is 2. The van der Waals surface area contributed by atoms with Crippen molar-refractivity contribution < 1.29 is 19.8 Å². The van der Waals surface area contributed by atoms with E-state index < -0.39 is 17.9 Å². The summed E-state index contributed by atoms with van der Waals surface area (Å²) < 4.78 is 0. The molecule has 0 aliphatic carbocycles. The molecule has 0 heterocycles. The summed E-state index contributed by atoms with van der Waals surface area (Å²) in [7, 11) is 0. The second-order valence-electron chi connectivity index (χ2n) is 4.97. The van der Waals surface area contributed by atoms with E-state index in [4.69, 9.17) is 10.2 Å². The lowest BCUT2D eigenvalue weighted by Crippen LogP contribution is -2.16. The van der Waals surface area contributed by atoms with Gasteiger partial charge in [-0.1, -0.05) is 37.5 Å². The number of carbonyl (C=O) groups is 2. The molecule has 4 nitrogen and oxygen atoms in total. The standard InChI is InChI=1S/C16H26O4/c1-2-3-4-5-6-7-8-9-10-11-12-14(16(19)20)13-15(17)18/h2,10-11,14H,1,3-9,12-13H2,(H,17,18)(H,19,20)/b11-10+. The zero-order valence-corrected chi connectivity index (χ0v) is 12.1. The third kappa shape index (κ3) is 11.5. The van der Waals surface area contributed by atoms with Crippen LogP contribution in [0.25, 0.3) is 0 Å². The first kappa shape index (κ1) is 18.4. The summed E-state index contributed by atoms with van der Waals surface area (Å²) >= 11 is 0. The molecule has 1 unspecified atom stereocenters. The topological polar surface area (TPSA) is 74.6 Å². The van der Waals surface area contributed by atoms with Gasteiger partial charge < -0.3 is 10.2 Å². The van der Waals surface area contributed by atoms with Crippen molar-refractivity contribution in [3.63, 3.8) is 0 Å². The molecule has 0 rings (SSSR count). The number of carboxylic acids is 2. The van der Waals surface area contributed by atoms with Gasteiger partial charge in [-0.05, 0) is 32.1 Å². The molecule has 0 spiro atoms. The largest absolute Gasteiger partial charge is 0.481 e. The van der Waals surface area contributed by atoms with Gasteiger partial charge in [-0.15, -0.1) is 6.58 Å². The Hall–Kier alpha value is -1.58. The van der Waals surface area contributed by atoms with Crippen molar-refractivity contribution in [3.05, 3.63) is 24.8 Å². The van der Waals surface area contributed by atoms with E-state index in [2.05, 4.69) is 6.58 Å². The summed E-state index contributed by atoms with van der Waals surface area (Å²) in [6.45, 7) is 3.69. The molecule has 20 heavy (non-hydrogen) atoms. The third-order valence-corrected chi connectivity index (χ3v) is 3.14. The highest BCUT2D eigenvalue weighted by Gasteiger charge is 2.18. The van der Waals surface area contributed by atoms with Crippen molar-refractivity contribution in [2.24, 2.45) is 5.92 Å². The van der Waals surface area contributed by atoms with Crippen LogP contribution in [0.5, 0.6) is 0 Å². The maximum absolute atomic E-state index is 10.8. The summed E-state index contributed by atoms with van der Waals surface area (Å²) in [5, 5.41) is 17.5. The summed E-state index contributed by atoms with van der Waals surface area (Å²) in [6.07, 6.45) is 13.6. The van der Waals surface area contributed by atoms with Crippen LogP contribution in [-0.2, 0) is 9.59 Å². The SMILES string of the molecule is C=CCCCCCCC/C=C/CC(CC(=O)O)C(=O)O. The van der Waals surface area contributed by atoms with Crippen LogP contribution in [0.4, 0.5) is 0 Å². The van der Waals surface area contributed by atoms with Crippen molar-refractivity contribution in [1.29, 1.82) is 0 Å². The maximum atomic E-state index is 10.8. The average Bonchev–Trinajstić information content (AvgIpc) is 2.39. The van der Waals surface area contributed by atoms with Crippen LogP contribution in [0.3, 0.4) is 0 Å². The fraction of sp³-hybridized carbons (Fsp3) is 0.625. The fourth-order valence-electron chi connectivity index (χ4n) is 1.94. The molecule has 0 amide bonds. The van der Waals surface area contributed by atoms with Gasteiger partial charge in [0.2, 0.25) is 0 Å².